The minimum atomic E-state index is -0.269. The van der Waals surface area contributed by atoms with Crippen molar-refractivity contribution in [2.24, 2.45) is 5.92 Å². The van der Waals surface area contributed by atoms with E-state index in [-0.39, 0.29) is 35.8 Å². The first kappa shape index (κ1) is 12.6. The fraction of sp³-hybridized carbons (Fsp3) is 0.533. The molecule has 2 fully saturated rings. The van der Waals surface area contributed by atoms with Crippen LogP contribution in [0.25, 0.3) is 0 Å². The first-order valence-corrected chi connectivity index (χ1v) is 6.68. The second kappa shape index (κ2) is 4.93. The topological polar surface area (TPSA) is 35.5 Å². The molecule has 0 aliphatic carbocycles. The number of fused-ring (bicyclic) bond motifs is 2. The van der Waals surface area contributed by atoms with Crippen LogP contribution < -0.4 is 0 Å². The van der Waals surface area contributed by atoms with Crippen molar-refractivity contribution in [3.63, 3.8) is 0 Å². The van der Waals surface area contributed by atoms with Crippen molar-refractivity contribution >= 4 is 5.97 Å². The normalized spacial score (nSPS) is 33.2. The molecular weight excluding hydrogens is 247 g/mol. The lowest BCUT2D eigenvalue weighted by molar-refractivity contribution is -0.156. The lowest BCUT2D eigenvalue weighted by Gasteiger charge is -2.35. The van der Waals surface area contributed by atoms with Crippen molar-refractivity contribution in [1.82, 2.24) is 0 Å². The van der Waals surface area contributed by atoms with E-state index >= 15 is 0 Å². The summed E-state index contributed by atoms with van der Waals surface area (Å²) in [5.74, 6) is -0.679. The van der Waals surface area contributed by atoms with Crippen LogP contribution in [0.15, 0.2) is 24.3 Å². The summed E-state index contributed by atoms with van der Waals surface area (Å²) in [6, 6.07) is 6.42. The van der Waals surface area contributed by atoms with Gasteiger partial charge in [-0.25, -0.2) is 4.39 Å². The molecule has 19 heavy (non-hydrogen) atoms. The van der Waals surface area contributed by atoms with Gasteiger partial charge in [-0.3, -0.25) is 4.79 Å². The van der Waals surface area contributed by atoms with E-state index < -0.39 is 0 Å². The molecule has 2 bridgehead atoms. The molecule has 0 N–H and O–H groups in total. The molecule has 0 spiro atoms. The number of benzene rings is 1. The predicted octanol–water partition coefficient (Wildman–Crippen LogP) is 2.65. The Morgan fingerprint density at radius 1 is 1.32 bits per heavy atom. The summed E-state index contributed by atoms with van der Waals surface area (Å²) < 4.78 is 23.8. The van der Waals surface area contributed by atoms with E-state index in [0.29, 0.717) is 0 Å². The molecule has 4 heteroatoms. The number of carbonyl (C=O) groups excluding carboxylic acids is 1. The Morgan fingerprint density at radius 2 is 2.05 bits per heavy atom. The highest BCUT2D eigenvalue weighted by atomic mass is 19.1. The number of carbonyl (C=O) groups is 1. The monoisotopic (exact) mass is 264 g/mol. The largest absolute Gasteiger partial charge is 0.469 e. The summed E-state index contributed by atoms with van der Waals surface area (Å²) >= 11 is 0. The molecule has 4 unspecified atom stereocenters. The molecule has 4 atom stereocenters. The fourth-order valence-electron chi connectivity index (χ4n) is 3.37. The third kappa shape index (κ3) is 2.25. The zero-order chi connectivity index (χ0) is 13.4. The molecule has 0 aromatic heterocycles. The Hall–Kier alpha value is -1.42. The quantitative estimate of drug-likeness (QED) is 0.770. The molecule has 3 rings (SSSR count). The van der Waals surface area contributed by atoms with E-state index in [0.717, 1.165) is 24.8 Å². The van der Waals surface area contributed by atoms with Crippen molar-refractivity contribution in [3.8, 4) is 0 Å². The highest BCUT2D eigenvalue weighted by molar-refractivity contribution is 5.74. The maximum atomic E-state index is 13.0. The smallest absolute Gasteiger partial charge is 0.311 e. The summed E-state index contributed by atoms with van der Waals surface area (Å²) in [4.78, 5) is 12.0. The number of halogens is 1. The summed E-state index contributed by atoms with van der Waals surface area (Å²) in [6.07, 6.45) is 2.88. The van der Waals surface area contributed by atoms with Crippen molar-refractivity contribution in [3.05, 3.63) is 35.6 Å². The van der Waals surface area contributed by atoms with E-state index in [9.17, 15) is 9.18 Å². The van der Waals surface area contributed by atoms with Crippen molar-refractivity contribution in [2.45, 2.75) is 37.4 Å². The number of ether oxygens (including phenoxy) is 2. The second-order valence-electron chi connectivity index (χ2n) is 5.32. The van der Waals surface area contributed by atoms with Crippen LogP contribution in [0.1, 0.15) is 30.7 Å². The third-order valence-corrected chi connectivity index (χ3v) is 4.26. The van der Waals surface area contributed by atoms with E-state index in [4.69, 9.17) is 9.47 Å². The van der Waals surface area contributed by atoms with Crippen LogP contribution in [0, 0.1) is 11.7 Å². The van der Waals surface area contributed by atoms with Gasteiger partial charge in [-0.05, 0) is 37.0 Å². The second-order valence-corrected chi connectivity index (χ2v) is 5.32. The van der Waals surface area contributed by atoms with Gasteiger partial charge in [0.2, 0.25) is 0 Å². The van der Waals surface area contributed by atoms with Crippen molar-refractivity contribution in [1.29, 1.82) is 0 Å². The zero-order valence-corrected chi connectivity index (χ0v) is 10.8. The van der Waals surface area contributed by atoms with Gasteiger partial charge >= 0.3 is 5.97 Å². The maximum Gasteiger partial charge on any atom is 0.311 e. The molecular formula is C15H17FO3. The Balaban J connectivity index is 1.92. The average molecular weight is 264 g/mol. The molecule has 2 aliphatic heterocycles. The SMILES string of the molecule is COC(=O)C1C2CCC(CC1c1ccc(F)cc1)O2. The van der Waals surface area contributed by atoms with E-state index in [1.165, 1.54) is 19.2 Å². The van der Waals surface area contributed by atoms with Gasteiger partial charge in [-0.15, -0.1) is 0 Å². The molecule has 3 nitrogen and oxygen atoms in total. The Morgan fingerprint density at radius 3 is 2.74 bits per heavy atom. The summed E-state index contributed by atoms with van der Waals surface area (Å²) in [7, 11) is 1.41. The zero-order valence-electron chi connectivity index (χ0n) is 10.8. The van der Waals surface area contributed by atoms with Gasteiger partial charge in [-0.1, -0.05) is 12.1 Å². The van der Waals surface area contributed by atoms with E-state index in [2.05, 4.69) is 0 Å². The maximum absolute atomic E-state index is 13.0. The molecule has 0 saturated carbocycles. The van der Waals surface area contributed by atoms with Crippen LogP contribution >= 0.6 is 0 Å². The summed E-state index contributed by atoms with van der Waals surface area (Å²) in [6.45, 7) is 0. The van der Waals surface area contributed by atoms with Crippen LogP contribution in [0.3, 0.4) is 0 Å². The van der Waals surface area contributed by atoms with Crippen molar-refractivity contribution in [2.75, 3.05) is 7.11 Å². The van der Waals surface area contributed by atoms with Gasteiger partial charge < -0.3 is 9.47 Å². The molecule has 0 radical (unpaired) electrons. The predicted molar refractivity (Wildman–Crippen MR) is 67.2 cm³/mol. The third-order valence-electron chi connectivity index (χ3n) is 4.26. The van der Waals surface area contributed by atoms with E-state index in [1.54, 1.807) is 12.1 Å². The molecule has 2 aliphatic rings. The number of methoxy groups -OCH3 is 1. The number of hydrogen-bond acceptors (Lipinski definition) is 3. The lowest BCUT2D eigenvalue weighted by atomic mass is 9.79. The number of esters is 1. The average Bonchev–Trinajstić information content (AvgIpc) is 2.80. The molecule has 102 valence electrons. The van der Waals surface area contributed by atoms with Gasteiger partial charge in [0.25, 0.3) is 0 Å². The number of rotatable bonds is 2. The van der Waals surface area contributed by atoms with E-state index in [1.807, 2.05) is 0 Å². The van der Waals surface area contributed by atoms with Crippen LogP contribution in [-0.2, 0) is 14.3 Å². The minimum Gasteiger partial charge on any atom is -0.469 e. The molecule has 1 aromatic carbocycles. The Labute approximate surface area is 111 Å². The molecule has 2 heterocycles. The van der Waals surface area contributed by atoms with Gasteiger partial charge in [0.1, 0.15) is 5.82 Å². The molecule has 2 saturated heterocycles. The lowest BCUT2D eigenvalue weighted by Crippen LogP contribution is -2.39. The van der Waals surface area contributed by atoms with Crippen LogP contribution in [0.5, 0.6) is 0 Å². The fourth-order valence-corrected chi connectivity index (χ4v) is 3.37. The van der Waals surface area contributed by atoms with Crippen LogP contribution in [-0.4, -0.2) is 25.3 Å². The van der Waals surface area contributed by atoms with Crippen molar-refractivity contribution < 1.29 is 18.7 Å². The minimum absolute atomic E-state index is 0.0544. The first-order valence-electron chi connectivity index (χ1n) is 6.68. The van der Waals surface area contributed by atoms with Crippen LogP contribution in [0.2, 0.25) is 0 Å². The molecule has 0 amide bonds. The Kier molecular flexibility index (Phi) is 3.27. The number of hydrogen-bond donors (Lipinski definition) is 0. The standard InChI is InChI=1S/C15H17FO3/c1-18-15(17)14-12(8-11-6-7-13(14)19-11)9-2-4-10(16)5-3-9/h2-5,11-14H,6-8H2,1H3. The van der Waals surface area contributed by atoms with Gasteiger partial charge in [0, 0.05) is 5.92 Å². The summed E-state index contributed by atoms with van der Waals surface area (Å²) in [5.41, 5.74) is 0.997. The summed E-state index contributed by atoms with van der Waals surface area (Å²) in [5, 5.41) is 0. The van der Waals surface area contributed by atoms with Gasteiger partial charge in [0.05, 0.1) is 25.2 Å². The Bertz CT molecular complexity index is 471. The first-order chi connectivity index (χ1) is 9.19. The van der Waals surface area contributed by atoms with Crippen LogP contribution in [0.4, 0.5) is 4.39 Å². The highest BCUT2D eigenvalue weighted by Crippen LogP contribution is 2.45. The van der Waals surface area contributed by atoms with Gasteiger partial charge in [0.15, 0.2) is 0 Å². The van der Waals surface area contributed by atoms with Gasteiger partial charge in [-0.2, -0.15) is 0 Å². The highest BCUT2D eigenvalue weighted by Gasteiger charge is 2.47. The molecule has 1 aromatic rings.